The van der Waals surface area contributed by atoms with E-state index in [0.29, 0.717) is 29.8 Å². The molecule has 0 aliphatic carbocycles. The molecule has 7 nitrogen and oxygen atoms in total. The van der Waals surface area contributed by atoms with Gasteiger partial charge in [-0.05, 0) is 34.3 Å². The summed E-state index contributed by atoms with van der Waals surface area (Å²) in [7, 11) is 0. The van der Waals surface area contributed by atoms with Gasteiger partial charge < -0.3 is 15.3 Å². The smallest absolute Gasteiger partial charge is 0.407 e. The zero-order valence-electron chi connectivity index (χ0n) is 10.6. The minimum atomic E-state index is -0.917. The Morgan fingerprint density at radius 1 is 1.60 bits per heavy atom. The lowest BCUT2D eigenvalue weighted by Crippen LogP contribution is -2.28. The van der Waals surface area contributed by atoms with E-state index in [1.807, 2.05) is 0 Å². The Balaban J connectivity index is 2.01. The number of amides is 1. The highest BCUT2D eigenvalue weighted by molar-refractivity contribution is 9.10. The standard InChI is InChI=1S/C12H14BrN3O4/c13-9-2-1-3-10(16(19)20)11(9)14-6-8-4-5-15(7-8)12(17)18/h1-3,8,14H,4-7H2,(H,17,18)/t8-/m0/s1. The Kier molecular flexibility index (Phi) is 4.43. The van der Waals surface area contributed by atoms with Gasteiger partial charge in [0.15, 0.2) is 0 Å². The van der Waals surface area contributed by atoms with Crippen molar-refractivity contribution in [2.75, 3.05) is 25.0 Å². The van der Waals surface area contributed by atoms with E-state index in [1.165, 1.54) is 11.0 Å². The lowest BCUT2D eigenvalue weighted by atomic mass is 10.1. The summed E-state index contributed by atoms with van der Waals surface area (Å²) in [5.41, 5.74) is 0.443. The minimum absolute atomic E-state index is 0.00691. The molecule has 0 radical (unpaired) electrons. The number of halogens is 1. The molecule has 1 fully saturated rings. The van der Waals surface area contributed by atoms with Crippen LogP contribution in [0.4, 0.5) is 16.2 Å². The predicted molar refractivity (Wildman–Crippen MR) is 77.0 cm³/mol. The molecular formula is C12H14BrN3O4. The van der Waals surface area contributed by atoms with Crippen molar-refractivity contribution in [2.24, 2.45) is 5.92 Å². The Morgan fingerprint density at radius 3 is 2.95 bits per heavy atom. The number of rotatable bonds is 4. The van der Waals surface area contributed by atoms with Crippen molar-refractivity contribution in [3.8, 4) is 0 Å². The van der Waals surface area contributed by atoms with E-state index in [4.69, 9.17) is 5.11 Å². The molecule has 108 valence electrons. The van der Waals surface area contributed by atoms with Gasteiger partial charge in [-0.2, -0.15) is 0 Å². The van der Waals surface area contributed by atoms with E-state index in [-0.39, 0.29) is 11.6 Å². The first-order valence-corrected chi connectivity index (χ1v) is 6.93. The van der Waals surface area contributed by atoms with E-state index in [0.717, 1.165) is 6.42 Å². The lowest BCUT2D eigenvalue weighted by molar-refractivity contribution is -0.384. The van der Waals surface area contributed by atoms with Gasteiger partial charge in [-0.3, -0.25) is 10.1 Å². The van der Waals surface area contributed by atoms with Crippen molar-refractivity contribution >= 4 is 33.4 Å². The van der Waals surface area contributed by atoms with E-state index >= 15 is 0 Å². The Bertz CT molecular complexity index is 537. The van der Waals surface area contributed by atoms with Crippen molar-refractivity contribution in [3.05, 3.63) is 32.8 Å². The molecule has 2 N–H and O–H groups in total. The summed E-state index contributed by atoms with van der Waals surface area (Å²) in [4.78, 5) is 22.7. The fraction of sp³-hybridized carbons (Fsp3) is 0.417. The number of nitrogens with zero attached hydrogens (tertiary/aromatic N) is 2. The normalized spacial score (nSPS) is 18.1. The summed E-state index contributed by atoms with van der Waals surface area (Å²) >= 11 is 3.29. The number of hydrogen-bond acceptors (Lipinski definition) is 4. The van der Waals surface area contributed by atoms with E-state index in [9.17, 15) is 14.9 Å². The fourth-order valence-electron chi connectivity index (χ4n) is 2.26. The van der Waals surface area contributed by atoms with Crippen molar-refractivity contribution in [2.45, 2.75) is 6.42 Å². The number of nitrogens with one attached hydrogen (secondary N) is 1. The molecule has 1 aliphatic heterocycles. The second-order valence-electron chi connectivity index (χ2n) is 4.66. The van der Waals surface area contributed by atoms with Crippen LogP contribution in [0.5, 0.6) is 0 Å². The summed E-state index contributed by atoms with van der Waals surface area (Å²) in [6, 6.07) is 4.77. The largest absolute Gasteiger partial charge is 0.465 e. The minimum Gasteiger partial charge on any atom is -0.465 e. The number of carboxylic acid groups (broad SMARTS) is 1. The maximum absolute atomic E-state index is 11.0. The first-order valence-electron chi connectivity index (χ1n) is 6.13. The van der Waals surface area contributed by atoms with Crippen molar-refractivity contribution in [1.82, 2.24) is 4.90 Å². The number of likely N-dealkylation sites (tertiary alicyclic amines) is 1. The number of anilines is 1. The molecule has 1 aromatic carbocycles. The highest BCUT2D eigenvalue weighted by Gasteiger charge is 2.26. The highest BCUT2D eigenvalue weighted by Crippen LogP contribution is 2.32. The third kappa shape index (κ3) is 3.19. The van der Waals surface area contributed by atoms with Crippen LogP contribution < -0.4 is 5.32 Å². The molecule has 1 aliphatic rings. The van der Waals surface area contributed by atoms with Gasteiger partial charge in [-0.1, -0.05) is 6.07 Å². The molecule has 1 saturated heterocycles. The maximum atomic E-state index is 11.0. The van der Waals surface area contributed by atoms with Gasteiger partial charge >= 0.3 is 6.09 Å². The molecule has 0 aromatic heterocycles. The third-order valence-corrected chi connectivity index (χ3v) is 3.97. The summed E-state index contributed by atoms with van der Waals surface area (Å²) in [6.45, 7) is 1.48. The Morgan fingerprint density at radius 2 is 2.35 bits per heavy atom. The van der Waals surface area contributed by atoms with Gasteiger partial charge in [0, 0.05) is 30.2 Å². The summed E-state index contributed by atoms with van der Waals surface area (Å²) in [6.07, 6.45) is -0.156. The van der Waals surface area contributed by atoms with E-state index in [1.54, 1.807) is 12.1 Å². The summed E-state index contributed by atoms with van der Waals surface area (Å²) < 4.78 is 0.625. The van der Waals surface area contributed by atoms with Crippen LogP contribution in [0.3, 0.4) is 0 Å². The Hall–Kier alpha value is -1.83. The molecular weight excluding hydrogens is 330 g/mol. The SMILES string of the molecule is O=C(O)N1CC[C@@H](CNc2c(Br)cccc2[N+](=O)[O-])C1. The van der Waals surface area contributed by atoms with Crippen LogP contribution in [0.25, 0.3) is 0 Å². The monoisotopic (exact) mass is 343 g/mol. The van der Waals surface area contributed by atoms with Crippen LogP contribution in [0.1, 0.15) is 6.42 Å². The maximum Gasteiger partial charge on any atom is 0.407 e. The number of nitro benzene ring substituents is 1. The molecule has 1 atom stereocenters. The number of nitro groups is 1. The third-order valence-electron chi connectivity index (χ3n) is 3.31. The van der Waals surface area contributed by atoms with Gasteiger partial charge in [0.05, 0.1) is 4.92 Å². The average Bonchev–Trinajstić information content (AvgIpc) is 2.86. The number of para-hydroxylation sites is 1. The first-order chi connectivity index (χ1) is 9.49. The van der Waals surface area contributed by atoms with Gasteiger partial charge in [-0.25, -0.2) is 4.79 Å². The van der Waals surface area contributed by atoms with Crippen LogP contribution in [0.2, 0.25) is 0 Å². The summed E-state index contributed by atoms with van der Waals surface area (Å²) in [5, 5.41) is 22.9. The highest BCUT2D eigenvalue weighted by atomic mass is 79.9. The molecule has 20 heavy (non-hydrogen) atoms. The van der Waals surface area contributed by atoms with Gasteiger partial charge in [0.25, 0.3) is 5.69 Å². The summed E-state index contributed by atoms with van der Waals surface area (Å²) in [5.74, 6) is 0.165. The van der Waals surface area contributed by atoms with Crippen LogP contribution >= 0.6 is 15.9 Å². The first kappa shape index (κ1) is 14.6. The van der Waals surface area contributed by atoms with E-state index in [2.05, 4.69) is 21.2 Å². The van der Waals surface area contributed by atoms with Crippen LogP contribution in [0, 0.1) is 16.0 Å². The molecule has 0 saturated carbocycles. The molecule has 2 rings (SSSR count). The quantitative estimate of drug-likeness (QED) is 0.647. The van der Waals surface area contributed by atoms with Crippen molar-refractivity contribution in [1.29, 1.82) is 0 Å². The molecule has 0 spiro atoms. The molecule has 1 heterocycles. The zero-order chi connectivity index (χ0) is 14.7. The van der Waals surface area contributed by atoms with Crippen LogP contribution in [0.15, 0.2) is 22.7 Å². The van der Waals surface area contributed by atoms with Gasteiger partial charge in [0.1, 0.15) is 5.69 Å². The second-order valence-corrected chi connectivity index (χ2v) is 5.51. The molecule has 0 bridgehead atoms. The molecule has 1 amide bonds. The topological polar surface area (TPSA) is 95.7 Å². The molecule has 8 heteroatoms. The fourth-order valence-corrected chi connectivity index (χ4v) is 2.76. The molecule has 0 unspecified atom stereocenters. The predicted octanol–water partition coefficient (Wildman–Crippen LogP) is 2.77. The molecule has 1 aromatic rings. The van der Waals surface area contributed by atoms with Crippen LogP contribution in [-0.4, -0.2) is 40.7 Å². The van der Waals surface area contributed by atoms with Gasteiger partial charge in [0.2, 0.25) is 0 Å². The van der Waals surface area contributed by atoms with E-state index < -0.39 is 11.0 Å². The second kappa shape index (κ2) is 6.08. The van der Waals surface area contributed by atoms with Crippen LogP contribution in [-0.2, 0) is 0 Å². The lowest BCUT2D eigenvalue weighted by Gasteiger charge is -2.14. The number of hydrogen-bond donors (Lipinski definition) is 2. The van der Waals surface area contributed by atoms with Gasteiger partial charge in [-0.15, -0.1) is 0 Å². The zero-order valence-corrected chi connectivity index (χ0v) is 12.2. The average molecular weight is 344 g/mol. The number of benzene rings is 1. The number of carbonyl (C=O) groups is 1. The van der Waals surface area contributed by atoms with Crippen molar-refractivity contribution in [3.63, 3.8) is 0 Å². The Labute approximate surface area is 123 Å². The van der Waals surface area contributed by atoms with Crippen molar-refractivity contribution < 1.29 is 14.8 Å².